The van der Waals surface area contributed by atoms with Gasteiger partial charge >= 0.3 is 0 Å². The van der Waals surface area contributed by atoms with Crippen molar-refractivity contribution in [3.8, 4) is 0 Å². The molecule has 6 nitrogen and oxygen atoms in total. The second-order valence-electron chi connectivity index (χ2n) is 5.50. The van der Waals surface area contributed by atoms with Crippen LogP contribution in [-0.2, 0) is 9.59 Å². The van der Waals surface area contributed by atoms with Crippen LogP contribution in [0.4, 0.5) is 0 Å². The van der Waals surface area contributed by atoms with E-state index in [1.807, 2.05) is 23.6 Å². The summed E-state index contributed by atoms with van der Waals surface area (Å²) in [6, 6.07) is 0.212. The second kappa shape index (κ2) is 7.04. The summed E-state index contributed by atoms with van der Waals surface area (Å²) in [4.78, 5) is 28.4. The van der Waals surface area contributed by atoms with Gasteiger partial charge in [-0.15, -0.1) is 0 Å². The van der Waals surface area contributed by atoms with Crippen molar-refractivity contribution in [3.63, 3.8) is 0 Å². The molecular formula is C14H26N4O2. The van der Waals surface area contributed by atoms with Gasteiger partial charge in [0.1, 0.15) is 6.04 Å². The first kappa shape index (κ1) is 15.3. The number of amides is 2. The molecule has 2 N–H and O–H groups in total. The molecule has 1 saturated heterocycles. The molecule has 2 rings (SSSR count). The van der Waals surface area contributed by atoms with Gasteiger partial charge in [-0.3, -0.25) is 14.5 Å². The third kappa shape index (κ3) is 3.70. The van der Waals surface area contributed by atoms with Crippen molar-refractivity contribution >= 4 is 11.8 Å². The highest BCUT2D eigenvalue weighted by molar-refractivity contribution is 5.84. The molecule has 0 bridgehead atoms. The maximum Gasteiger partial charge on any atom is 0.238 e. The lowest BCUT2D eigenvalue weighted by molar-refractivity contribution is -0.135. The van der Waals surface area contributed by atoms with Gasteiger partial charge in [0.2, 0.25) is 11.8 Å². The number of carbonyl (C=O) groups is 2. The topological polar surface area (TPSA) is 64.7 Å². The molecule has 0 aromatic rings. The average Bonchev–Trinajstić information content (AvgIpc) is 3.25. The number of hydrogen-bond donors (Lipinski definition) is 2. The second-order valence-corrected chi connectivity index (χ2v) is 5.50. The summed E-state index contributed by atoms with van der Waals surface area (Å²) < 4.78 is 0. The van der Waals surface area contributed by atoms with E-state index in [-0.39, 0.29) is 17.9 Å². The van der Waals surface area contributed by atoms with Crippen LogP contribution in [0.5, 0.6) is 0 Å². The molecule has 114 valence electrons. The SMILES string of the molecule is CCNC(=O)C1CNCCN1CC(=O)N(CC)C1CC1. The molecule has 1 heterocycles. The first-order valence-electron chi connectivity index (χ1n) is 7.69. The maximum atomic E-state index is 12.4. The number of hydrogen-bond acceptors (Lipinski definition) is 4. The van der Waals surface area contributed by atoms with E-state index in [0.717, 1.165) is 32.5 Å². The summed E-state index contributed by atoms with van der Waals surface area (Å²) in [6.45, 7) is 7.88. The Morgan fingerprint density at radius 2 is 2.10 bits per heavy atom. The highest BCUT2D eigenvalue weighted by Gasteiger charge is 2.35. The van der Waals surface area contributed by atoms with Crippen molar-refractivity contribution in [1.29, 1.82) is 0 Å². The Bertz CT molecular complexity index is 357. The summed E-state index contributed by atoms with van der Waals surface area (Å²) in [5, 5.41) is 6.08. The lowest BCUT2D eigenvalue weighted by Gasteiger charge is -2.35. The van der Waals surface area contributed by atoms with E-state index in [1.165, 1.54) is 0 Å². The number of nitrogens with zero attached hydrogens (tertiary/aromatic N) is 2. The molecule has 1 atom stereocenters. The first-order valence-corrected chi connectivity index (χ1v) is 7.69. The smallest absolute Gasteiger partial charge is 0.238 e. The Morgan fingerprint density at radius 3 is 2.70 bits per heavy atom. The van der Waals surface area contributed by atoms with Crippen LogP contribution in [0, 0.1) is 0 Å². The van der Waals surface area contributed by atoms with Gasteiger partial charge in [-0.05, 0) is 26.7 Å². The fourth-order valence-electron chi connectivity index (χ4n) is 2.78. The lowest BCUT2D eigenvalue weighted by Crippen LogP contribution is -2.59. The minimum Gasteiger partial charge on any atom is -0.355 e. The van der Waals surface area contributed by atoms with Crippen LogP contribution in [0.25, 0.3) is 0 Å². The summed E-state index contributed by atoms with van der Waals surface area (Å²) >= 11 is 0. The Morgan fingerprint density at radius 1 is 1.35 bits per heavy atom. The van der Waals surface area contributed by atoms with Crippen LogP contribution < -0.4 is 10.6 Å². The third-order valence-electron chi connectivity index (χ3n) is 3.99. The van der Waals surface area contributed by atoms with Crippen molar-refractivity contribution in [1.82, 2.24) is 20.4 Å². The van der Waals surface area contributed by atoms with Gasteiger partial charge in [-0.25, -0.2) is 0 Å². The Kier molecular flexibility index (Phi) is 5.37. The van der Waals surface area contributed by atoms with E-state index >= 15 is 0 Å². The Balaban J connectivity index is 1.93. The van der Waals surface area contributed by atoms with Crippen LogP contribution in [0.3, 0.4) is 0 Å². The third-order valence-corrected chi connectivity index (χ3v) is 3.99. The van der Waals surface area contributed by atoms with Crippen LogP contribution in [0.1, 0.15) is 26.7 Å². The lowest BCUT2D eigenvalue weighted by atomic mass is 10.1. The van der Waals surface area contributed by atoms with Crippen LogP contribution >= 0.6 is 0 Å². The van der Waals surface area contributed by atoms with Crippen molar-refractivity contribution in [2.75, 3.05) is 39.3 Å². The number of nitrogens with one attached hydrogen (secondary N) is 2. The highest BCUT2D eigenvalue weighted by Crippen LogP contribution is 2.26. The molecule has 0 aromatic carbocycles. The molecule has 1 unspecified atom stereocenters. The number of carbonyl (C=O) groups excluding carboxylic acids is 2. The average molecular weight is 282 g/mol. The molecule has 1 aliphatic heterocycles. The fraction of sp³-hybridized carbons (Fsp3) is 0.857. The van der Waals surface area contributed by atoms with E-state index in [1.54, 1.807) is 0 Å². The minimum atomic E-state index is -0.231. The van der Waals surface area contributed by atoms with E-state index in [9.17, 15) is 9.59 Å². The largest absolute Gasteiger partial charge is 0.355 e. The van der Waals surface area contributed by atoms with Crippen molar-refractivity contribution in [3.05, 3.63) is 0 Å². The minimum absolute atomic E-state index is 0.0157. The monoisotopic (exact) mass is 282 g/mol. The number of likely N-dealkylation sites (N-methyl/N-ethyl adjacent to an activating group) is 2. The van der Waals surface area contributed by atoms with E-state index < -0.39 is 0 Å². The Hall–Kier alpha value is -1.14. The van der Waals surface area contributed by atoms with Crippen LogP contribution in [0.2, 0.25) is 0 Å². The van der Waals surface area contributed by atoms with Gasteiger partial charge in [0, 0.05) is 38.8 Å². The number of piperazine rings is 1. The normalized spacial score (nSPS) is 23.4. The zero-order valence-corrected chi connectivity index (χ0v) is 12.5. The zero-order chi connectivity index (χ0) is 14.5. The van der Waals surface area contributed by atoms with Crippen molar-refractivity contribution in [2.45, 2.75) is 38.8 Å². The summed E-state index contributed by atoms with van der Waals surface area (Å²) in [5.41, 5.74) is 0. The standard InChI is InChI=1S/C14H26N4O2/c1-3-16-14(20)12-9-15-7-8-17(12)10-13(19)18(4-2)11-5-6-11/h11-12,15H,3-10H2,1-2H3,(H,16,20). The molecule has 1 aliphatic carbocycles. The van der Waals surface area contributed by atoms with Crippen LogP contribution in [-0.4, -0.2) is 73.0 Å². The van der Waals surface area contributed by atoms with E-state index in [4.69, 9.17) is 0 Å². The Labute approximate surface area is 120 Å². The van der Waals surface area contributed by atoms with Gasteiger partial charge in [0.25, 0.3) is 0 Å². The summed E-state index contributed by atoms with van der Waals surface area (Å²) in [5.74, 6) is 0.174. The molecule has 2 amide bonds. The molecule has 0 spiro atoms. The fourth-order valence-corrected chi connectivity index (χ4v) is 2.78. The van der Waals surface area contributed by atoms with Gasteiger partial charge in [0.05, 0.1) is 6.54 Å². The molecule has 0 radical (unpaired) electrons. The van der Waals surface area contributed by atoms with Gasteiger partial charge < -0.3 is 15.5 Å². The van der Waals surface area contributed by atoms with E-state index in [2.05, 4.69) is 10.6 Å². The predicted octanol–water partition coefficient (Wildman–Crippen LogP) is -0.593. The predicted molar refractivity (Wildman–Crippen MR) is 77.3 cm³/mol. The number of rotatable bonds is 6. The maximum absolute atomic E-state index is 12.4. The van der Waals surface area contributed by atoms with Crippen molar-refractivity contribution in [2.24, 2.45) is 0 Å². The molecular weight excluding hydrogens is 256 g/mol. The summed E-state index contributed by atoms with van der Waals surface area (Å²) in [6.07, 6.45) is 2.25. The zero-order valence-electron chi connectivity index (χ0n) is 12.5. The van der Waals surface area contributed by atoms with Gasteiger partial charge in [0.15, 0.2) is 0 Å². The molecule has 0 aromatic heterocycles. The molecule has 20 heavy (non-hydrogen) atoms. The van der Waals surface area contributed by atoms with Gasteiger partial charge in [-0.1, -0.05) is 0 Å². The highest BCUT2D eigenvalue weighted by atomic mass is 16.2. The van der Waals surface area contributed by atoms with Crippen LogP contribution in [0.15, 0.2) is 0 Å². The van der Waals surface area contributed by atoms with Crippen molar-refractivity contribution < 1.29 is 9.59 Å². The summed E-state index contributed by atoms with van der Waals surface area (Å²) in [7, 11) is 0. The molecule has 1 saturated carbocycles. The van der Waals surface area contributed by atoms with Gasteiger partial charge in [-0.2, -0.15) is 0 Å². The van der Waals surface area contributed by atoms with E-state index in [0.29, 0.717) is 25.7 Å². The molecule has 6 heteroatoms. The quantitative estimate of drug-likeness (QED) is 0.683. The molecule has 2 fully saturated rings. The molecule has 2 aliphatic rings. The first-order chi connectivity index (χ1) is 9.67.